The van der Waals surface area contributed by atoms with Crippen LogP contribution in [0.15, 0.2) is 0 Å². The molecule has 0 amide bonds. The Hall–Kier alpha value is 0.448. The van der Waals surface area contributed by atoms with Crippen LogP contribution in [0.1, 0.15) is 0 Å². The van der Waals surface area contributed by atoms with Gasteiger partial charge < -0.3 is 33.5 Å². The quantitative estimate of drug-likeness (QED) is 0.629. The Balaban J connectivity index is 0. The molecule has 0 fully saturated rings. The van der Waals surface area contributed by atoms with Crippen LogP contribution in [-0.2, 0) is 21.1 Å². The third-order valence-corrected chi connectivity index (χ3v) is 0. The fourth-order valence-corrected chi connectivity index (χ4v) is 0. The number of quaternary nitrogens is 1. The van der Waals surface area contributed by atoms with Crippen molar-refractivity contribution >= 4 is 0 Å². The van der Waals surface area contributed by atoms with E-state index in [0.29, 0.717) is 0 Å². The van der Waals surface area contributed by atoms with E-state index < -0.39 is 0 Å². The van der Waals surface area contributed by atoms with Crippen LogP contribution in [0.2, 0.25) is 0 Å². The summed E-state index contributed by atoms with van der Waals surface area (Å²) in [6, 6.07) is 0. The first kappa shape index (κ1) is 1540. The molecule has 0 aliphatic carbocycles. The van der Waals surface area contributed by atoms with Crippen molar-refractivity contribution in [3.63, 3.8) is 0 Å². The van der Waals surface area contributed by atoms with Gasteiger partial charge in [0.2, 0.25) is 0 Å². The van der Waals surface area contributed by atoms with E-state index in [4.69, 9.17) is 0 Å². The molecular formula is H9NO5Pt. The zero-order chi connectivity index (χ0) is 0. The van der Waals surface area contributed by atoms with Gasteiger partial charge in [-0.05, 0) is 0 Å². The van der Waals surface area contributed by atoms with Crippen molar-refractivity contribution in [3.05, 3.63) is 0 Å². The second-order valence-corrected chi connectivity index (χ2v) is 0. The Labute approximate surface area is 55.3 Å². The predicted molar refractivity (Wildman–Crippen MR) is 15.7 cm³/mol. The number of hydrogen-bond acceptors (Lipinski definition) is 5. The molecule has 0 aromatic carbocycles. The molecule has 6 nitrogen and oxygen atoms in total. The number of hydrogen-bond donors (Lipinski definition) is 1. The summed E-state index contributed by atoms with van der Waals surface area (Å²) < 4.78 is 0. The van der Waals surface area contributed by atoms with Gasteiger partial charge >= 0.3 is 21.1 Å². The smallest absolute Gasteiger partial charge is 0.870 e. The topological polar surface area (TPSA) is 186 Å². The summed E-state index contributed by atoms with van der Waals surface area (Å²) in [5, 5.41) is 0. The minimum absolute atomic E-state index is 0. The third kappa shape index (κ3) is 635. The van der Waals surface area contributed by atoms with Crippen LogP contribution in [0, 0.1) is 0 Å². The summed E-state index contributed by atoms with van der Waals surface area (Å²) in [6.45, 7) is 0. The van der Waals surface area contributed by atoms with Gasteiger partial charge in [-0.25, -0.2) is 0 Å². The molecule has 0 aliphatic heterocycles. The van der Waals surface area contributed by atoms with Crippen molar-refractivity contribution in [2.75, 3.05) is 0 Å². The molecule has 0 aromatic rings. The van der Waals surface area contributed by atoms with Crippen LogP contribution in [0.4, 0.5) is 0 Å². The first-order valence-corrected chi connectivity index (χ1v) is 0. The molecule has 0 spiro atoms. The fraction of sp³-hybridized carbons (Fsp3) is 0. The van der Waals surface area contributed by atoms with Gasteiger partial charge in [0.15, 0.2) is 0 Å². The average Bonchev–Trinajstić information content (AvgIpc) is 0. The second-order valence-electron chi connectivity index (χ2n) is 0. The minimum atomic E-state index is 0. The molecule has 0 aliphatic rings. The largest absolute Gasteiger partial charge is 4.00 e. The molecular weight excluding hydrogens is 289 g/mol. The van der Waals surface area contributed by atoms with Crippen LogP contribution in [0.5, 0.6) is 0 Å². The summed E-state index contributed by atoms with van der Waals surface area (Å²) in [5.41, 5.74) is 0. The molecule has 0 aromatic heterocycles. The maximum Gasteiger partial charge on any atom is 4.00 e. The normalized spacial score (nSPS) is 0. The van der Waals surface area contributed by atoms with Gasteiger partial charge in [0.05, 0.1) is 0 Å². The van der Waals surface area contributed by atoms with Crippen LogP contribution >= 0.6 is 0 Å². The van der Waals surface area contributed by atoms with Crippen molar-refractivity contribution in [1.82, 2.24) is 6.15 Å². The van der Waals surface area contributed by atoms with Crippen LogP contribution in [0.3, 0.4) is 0 Å². The molecule has 0 heterocycles. The van der Waals surface area contributed by atoms with Gasteiger partial charge in [0.1, 0.15) is 0 Å². The average molecular weight is 298 g/mol. The number of rotatable bonds is 0. The van der Waals surface area contributed by atoms with Gasteiger partial charge in [-0.1, -0.05) is 0 Å². The van der Waals surface area contributed by atoms with Crippen molar-refractivity contribution in [3.8, 4) is 0 Å². The monoisotopic (exact) mass is 298 g/mol. The summed E-state index contributed by atoms with van der Waals surface area (Å²) in [5.74, 6) is 0. The van der Waals surface area contributed by atoms with Crippen LogP contribution < -0.4 is 6.15 Å². The zero-order valence-corrected chi connectivity index (χ0v) is 5.82. The van der Waals surface area contributed by atoms with Gasteiger partial charge in [-0.3, -0.25) is 0 Å². The predicted octanol–water partition coefficient (Wildman–Crippen LogP) is -0.510. The standard InChI is InChI=1S/H3N.5H2O.Pt/h1H3;5*1H2;/q;;;;;;+4/p-4. The van der Waals surface area contributed by atoms with E-state index in [9.17, 15) is 0 Å². The van der Waals surface area contributed by atoms with Crippen molar-refractivity contribution in [2.24, 2.45) is 0 Å². The first-order valence-electron chi connectivity index (χ1n) is 0. The minimum Gasteiger partial charge on any atom is -0.870 e. The molecule has 54 valence electrons. The molecule has 0 bridgehead atoms. The van der Waals surface area contributed by atoms with Gasteiger partial charge in [0, 0.05) is 0 Å². The second kappa shape index (κ2) is 952. The van der Waals surface area contributed by atoms with E-state index in [1.54, 1.807) is 0 Å². The first-order chi connectivity index (χ1) is 0. The molecule has 0 saturated carbocycles. The summed E-state index contributed by atoms with van der Waals surface area (Å²) in [7, 11) is 0. The molecule has 9 N–H and O–H groups in total. The molecule has 0 saturated heterocycles. The van der Waals surface area contributed by atoms with E-state index in [1.807, 2.05) is 0 Å². The summed E-state index contributed by atoms with van der Waals surface area (Å²) in [6.07, 6.45) is 0. The third-order valence-electron chi connectivity index (χ3n) is 0. The Morgan fingerprint density at radius 3 is 0.429 bits per heavy atom. The maximum atomic E-state index is 0. The SMILES string of the molecule is [NH4+].[OH-].[OH-].[OH-].[OH-].[OH-].[Pt+4]. The Morgan fingerprint density at radius 2 is 0.429 bits per heavy atom. The van der Waals surface area contributed by atoms with E-state index >= 15 is 0 Å². The Morgan fingerprint density at radius 1 is 0.429 bits per heavy atom. The van der Waals surface area contributed by atoms with Crippen LogP contribution in [-0.4, -0.2) is 27.4 Å². The van der Waals surface area contributed by atoms with Gasteiger partial charge in [-0.15, -0.1) is 0 Å². The van der Waals surface area contributed by atoms with E-state index in [2.05, 4.69) is 0 Å². The van der Waals surface area contributed by atoms with Crippen molar-refractivity contribution < 1.29 is 48.4 Å². The fourth-order valence-electron chi connectivity index (χ4n) is 0. The van der Waals surface area contributed by atoms with Crippen LogP contribution in [0.25, 0.3) is 0 Å². The summed E-state index contributed by atoms with van der Waals surface area (Å²) in [4.78, 5) is 0. The molecule has 7 heavy (non-hydrogen) atoms. The van der Waals surface area contributed by atoms with Gasteiger partial charge in [-0.2, -0.15) is 0 Å². The Bertz CT molecular complexity index is 8.04. The Kier molecular flexibility index (Phi) is 210000. The maximum absolute atomic E-state index is 0. The summed E-state index contributed by atoms with van der Waals surface area (Å²) >= 11 is 0. The van der Waals surface area contributed by atoms with E-state index in [1.165, 1.54) is 0 Å². The van der Waals surface area contributed by atoms with Crippen molar-refractivity contribution in [2.45, 2.75) is 0 Å². The molecule has 0 radical (unpaired) electrons. The van der Waals surface area contributed by atoms with E-state index in [0.717, 1.165) is 0 Å². The van der Waals surface area contributed by atoms with E-state index in [-0.39, 0.29) is 54.6 Å². The van der Waals surface area contributed by atoms with Gasteiger partial charge in [0.25, 0.3) is 0 Å². The van der Waals surface area contributed by atoms with Crippen molar-refractivity contribution in [1.29, 1.82) is 0 Å². The molecule has 0 unspecified atom stereocenters. The molecule has 7 heteroatoms. The zero-order valence-electron chi connectivity index (χ0n) is 3.55. The molecule has 0 atom stereocenters. The molecule has 0 rings (SSSR count).